The van der Waals surface area contributed by atoms with Crippen molar-refractivity contribution in [2.45, 2.75) is 19.8 Å². The van der Waals surface area contributed by atoms with Crippen molar-refractivity contribution in [2.24, 2.45) is 5.92 Å². The van der Waals surface area contributed by atoms with E-state index in [1.807, 2.05) is 25.1 Å². The van der Waals surface area contributed by atoms with Crippen LogP contribution < -0.4 is 5.32 Å². The number of carbonyl (C=O) groups excluding carboxylic acids is 1. The Balaban J connectivity index is 2.02. The number of benzene rings is 1. The largest absolute Gasteiger partial charge is 0.381 e. The third-order valence-electron chi connectivity index (χ3n) is 2.97. The molecule has 0 atom stereocenters. The number of amides is 1. The monoisotopic (exact) mass is 297 g/mol. The van der Waals surface area contributed by atoms with E-state index in [4.69, 9.17) is 4.74 Å². The lowest BCUT2D eigenvalue weighted by molar-refractivity contribution is -0.122. The van der Waals surface area contributed by atoms with E-state index < -0.39 is 0 Å². The van der Waals surface area contributed by atoms with Crippen LogP contribution >= 0.6 is 15.9 Å². The fourth-order valence-corrected chi connectivity index (χ4v) is 2.51. The summed E-state index contributed by atoms with van der Waals surface area (Å²) in [7, 11) is 0. The molecule has 17 heavy (non-hydrogen) atoms. The number of carbonyl (C=O) groups is 1. The number of hydrogen-bond donors (Lipinski definition) is 1. The predicted octanol–water partition coefficient (Wildman–Crippen LogP) is 3.12. The summed E-state index contributed by atoms with van der Waals surface area (Å²) in [5.41, 5.74) is 2.01. The molecule has 0 aliphatic carbocycles. The summed E-state index contributed by atoms with van der Waals surface area (Å²) in [5.74, 6) is 0.176. The average Bonchev–Trinajstić information content (AvgIpc) is 2.34. The van der Waals surface area contributed by atoms with Crippen molar-refractivity contribution in [3.8, 4) is 0 Å². The standard InChI is InChI=1S/C13H16BrNO2/c1-9-2-3-12(11(14)8-9)15-13(16)10-4-6-17-7-5-10/h2-3,8,10H,4-7H2,1H3,(H,15,16). The fourth-order valence-electron chi connectivity index (χ4n) is 1.92. The molecule has 1 aromatic rings. The summed E-state index contributed by atoms with van der Waals surface area (Å²) in [6, 6.07) is 5.92. The van der Waals surface area contributed by atoms with Crippen molar-refractivity contribution in [2.75, 3.05) is 18.5 Å². The normalized spacial score (nSPS) is 16.8. The summed E-state index contributed by atoms with van der Waals surface area (Å²) in [6.07, 6.45) is 1.63. The molecule has 0 spiro atoms. The van der Waals surface area contributed by atoms with Gasteiger partial charge in [0.2, 0.25) is 5.91 Å². The van der Waals surface area contributed by atoms with Gasteiger partial charge in [-0.15, -0.1) is 0 Å². The minimum atomic E-state index is 0.0805. The van der Waals surface area contributed by atoms with Gasteiger partial charge < -0.3 is 10.1 Å². The fraction of sp³-hybridized carbons (Fsp3) is 0.462. The van der Waals surface area contributed by atoms with Crippen molar-refractivity contribution in [3.63, 3.8) is 0 Å². The van der Waals surface area contributed by atoms with Gasteiger partial charge >= 0.3 is 0 Å². The van der Waals surface area contributed by atoms with E-state index in [0.29, 0.717) is 13.2 Å². The number of nitrogens with one attached hydrogen (secondary N) is 1. The molecule has 0 unspecified atom stereocenters. The van der Waals surface area contributed by atoms with Gasteiger partial charge in [-0.1, -0.05) is 6.07 Å². The van der Waals surface area contributed by atoms with Gasteiger partial charge in [-0.25, -0.2) is 0 Å². The lowest BCUT2D eigenvalue weighted by Crippen LogP contribution is -2.28. The molecular weight excluding hydrogens is 282 g/mol. The molecule has 1 amide bonds. The quantitative estimate of drug-likeness (QED) is 0.911. The zero-order chi connectivity index (χ0) is 12.3. The summed E-state index contributed by atoms with van der Waals surface area (Å²) >= 11 is 3.46. The first-order chi connectivity index (χ1) is 8.16. The van der Waals surface area contributed by atoms with Crippen LogP contribution in [0.2, 0.25) is 0 Å². The molecule has 0 radical (unpaired) electrons. The zero-order valence-electron chi connectivity index (χ0n) is 9.83. The molecule has 1 aliphatic rings. The van der Waals surface area contributed by atoms with Crippen LogP contribution in [-0.2, 0) is 9.53 Å². The third-order valence-corrected chi connectivity index (χ3v) is 3.63. The minimum Gasteiger partial charge on any atom is -0.381 e. The Kier molecular flexibility index (Phi) is 4.18. The van der Waals surface area contributed by atoms with Crippen LogP contribution in [0, 0.1) is 12.8 Å². The van der Waals surface area contributed by atoms with Crippen LogP contribution in [0.15, 0.2) is 22.7 Å². The molecule has 1 aromatic carbocycles. The number of halogens is 1. The molecule has 1 saturated heterocycles. The van der Waals surface area contributed by atoms with Crippen molar-refractivity contribution < 1.29 is 9.53 Å². The Morgan fingerprint density at radius 3 is 2.76 bits per heavy atom. The molecule has 1 aliphatic heterocycles. The first-order valence-corrected chi connectivity index (χ1v) is 6.61. The first-order valence-electron chi connectivity index (χ1n) is 5.81. The number of hydrogen-bond acceptors (Lipinski definition) is 2. The second-order valence-electron chi connectivity index (χ2n) is 4.36. The van der Waals surface area contributed by atoms with E-state index >= 15 is 0 Å². The number of anilines is 1. The van der Waals surface area contributed by atoms with Crippen LogP contribution in [0.1, 0.15) is 18.4 Å². The summed E-state index contributed by atoms with van der Waals surface area (Å²) in [5, 5.41) is 2.97. The third kappa shape index (κ3) is 3.30. The topological polar surface area (TPSA) is 38.3 Å². The lowest BCUT2D eigenvalue weighted by Gasteiger charge is -2.21. The molecule has 2 rings (SSSR count). The molecule has 1 fully saturated rings. The van der Waals surface area contributed by atoms with E-state index in [1.54, 1.807) is 0 Å². The van der Waals surface area contributed by atoms with E-state index in [9.17, 15) is 4.79 Å². The Hall–Kier alpha value is -0.870. The Morgan fingerprint density at radius 1 is 1.41 bits per heavy atom. The SMILES string of the molecule is Cc1ccc(NC(=O)C2CCOCC2)c(Br)c1. The summed E-state index contributed by atoms with van der Waals surface area (Å²) < 4.78 is 6.18. The highest BCUT2D eigenvalue weighted by Gasteiger charge is 2.21. The summed E-state index contributed by atoms with van der Waals surface area (Å²) in [4.78, 5) is 12.0. The highest BCUT2D eigenvalue weighted by molar-refractivity contribution is 9.10. The Bertz CT molecular complexity index is 414. The van der Waals surface area contributed by atoms with Crippen LogP contribution in [0.3, 0.4) is 0 Å². The Labute approximate surface area is 110 Å². The van der Waals surface area contributed by atoms with Gasteiger partial charge in [-0.05, 0) is 53.4 Å². The highest BCUT2D eigenvalue weighted by atomic mass is 79.9. The van der Waals surface area contributed by atoms with Gasteiger partial charge in [-0.2, -0.15) is 0 Å². The maximum atomic E-state index is 12.0. The molecule has 0 aromatic heterocycles. The average molecular weight is 298 g/mol. The number of ether oxygens (including phenoxy) is 1. The van der Waals surface area contributed by atoms with E-state index in [2.05, 4.69) is 21.2 Å². The predicted molar refractivity (Wildman–Crippen MR) is 71.1 cm³/mol. The second-order valence-corrected chi connectivity index (χ2v) is 5.21. The van der Waals surface area contributed by atoms with Gasteiger partial charge in [-0.3, -0.25) is 4.79 Å². The Morgan fingerprint density at radius 2 is 2.12 bits per heavy atom. The molecule has 1 N–H and O–H groups in total. The van der Waals surface area contributed by atoms with Gasteiger partial charge in [0.25, 0.3) is 0 Å². The molecule has 4 heteroatoms. The molecule has 1 heterocycles. The summed E-state index contributed by atoms with van der Waals surface area (Å²) in [6.45, 7) is 3.40. The lowest BCUT2D eigenvalue weighted by atomic mass is 9.99. The van der Waals surface area contributed by atoms with E-state index in [1.165, 1.54) is 5.56 Å². The molecule has 92 valence electrons. The number of aryl methyl sites for hydroxylation is 1. The van der Waals surface area contributed by atoms with Gasteiger partial charge in [0, 0.05) is 23.6 Å². The molecule has 0 bridgehead atoms. The highest BCUT2D eigenvalue weighted by Crippen LogP contribution is 2.25. The van der Waals surface area contributed by atoms with Crippen molar-refractivity contribution in [1.82, 2.24) is 0 Å². The van der Waals surface area contributed by atoms with Crippen LogP contribution in [0.5, 0.6) is 0 Å². The van der Waals surface area contributed by atoms with Crippen molar-refractivity contribution in [3.05, 3.63) is 28.2 Å². The van der Waals surface area contributed by atoms with Crippen LogP contribution in [0.25, 0.3) is 0 Å². The second kappa shape index (κ2) is 5.65. The molecule has 3 nitrogen and oxygen atoms in total. The first kappa shape index (κ1) is 12.6. The molecular formula is C13H16BrNO2. The number of rotatable bonds is 2. The van der Waals surface area contributed by atoms with E-state index in [0.717, 1.165) is 23.0 Å². The minimum absolute atomic E-state index is 0.0805. The van der Waals surface area contributed by atoms with Gasteiger partial charge in [0.15, 0.2) is 0 Å². The van der Waals surface area contributed by atoms with Gasteiger partial charge in [0.1, 0.15) is 0 Å². The smallest absolute Gasteiger partial charge is 0.227 e. The van der Waals surface area contributed by atoms with Gasteiger partial charge in [0.05, 0.1) is 5.69 Å². The van der Waals surface area contributed by atoms with Crippen LogP contribution in [0.4, 0.5) is 5.69 Å². The maximum absolute atomic E-state index is 12.0. The van der Waals surface area contributed by atoms with E-state index in [-0.39, 0.29) is 11.8 Å². The molecule has 0 saturated carbocycles. The maximum Gasteiger partial charge on any atom is 0.227 e. The van der Waals surface area contributed by atoms with Crippen molar-refractivity contribution in [1.29, 1.82) is 0 Å². The van der Waals surface area contributed by atoms with Crippen molar-refractivity contribution >= 4 is 27.5 Å². The zero-order valence-corrected chi connectivity index (χ0v) is 11.4. The van der Waals surface area contributed by atoms with Crippen LogP contribution in [-0.4, -0.2) is 19.1 Å².